The number of carbonyl (C=O) groups is 2. The van der Waals surface area contributed by atoms with Gasteiger partial charge in [0.05, 0.1) is 5.56 Å². The lowest BCUT2D eigenvalue weighted by atomic mass is 10.1. The van der Waals surface area contributed by atoms with Crippen molar-refractivity contribution in [1.29, 1.82) is 0 Å². The summed E-state index contributed by atoms with van der Waals surface area (Å²) in [6.45, 7) is 5.34. The molecule has 0 bridgehead atoms. The quantitative estimate of drug-likeness (QED) is 0.857. The fourth-order valence-electron chi connectivity index (χ4n) is 2.15. The molecule has 0 aromatic heterocycles. The van der Waals surface area contributed by atoms with E-state index in [1.54, 1.807) is 36.4 Å². The van der Waals surface area contributed by atoms with Crippen LogP contribution in [0.1, 0.15) is 28.4 Å². The van der Waals surface area contributed by atoms with Gasteiger partial charge in [0.1, 0.15) is 0 Å². The lowest BCUT2D eigenvalue weighted by Crippen LogP contribution is -2.30. The fraction of sp³-hybridized carbons (Fsp3) is 0.222. The Balaban J connectivity index is 1.99. The molecule has 5 heteroatoms. The second kappa shape index (κ2) is 7.29. The van der Waals surface area contributed by atoms with Gasteiger partial charge in [0.15, 0.2) is 6.10 Å². The lowest BCUT2D eigenvalue weighted by molar-refractivity contribution is -0.123. The summed E-state index contributed by atoms with van der Waals surface area (Å²) in [4.78, 5) is 24.2. The molecule has 4 nitrogen and oxygen atoms in total. The van der Waals surface area contributed by atoms with Crippen LogP contribution >= 0.6 is 11.6 Å². The van der Waals surface area contributed by atoms with E-state index >= 15 is 0 Å². The molecule has 0 spiro atoms. The Morgan fingerprint density at radius 3 is 2.17 bits per heavy atom. The van der Waals surface area contributed by atoms with Gasteiger partial charge in [0, 0.05) is 10.7 Å². The van der Waals surface area contributed by atoms with E-state index in [-0.39, 0.29) is 0 Å². The van der Waals surface area contributed by atoms with Crippen LogP contribution in [0.4, 0.5) is 5.69 Å². The highest BCUT2D eigenvalue weighted by atomic mass is 35.5. The molecule has 0 unspecified atom stereocenters. The van der Waals surface area contributed by atoms with Crippen molar-refractivity contribution in [1.82, 2.24) is 0 Å². The van der Waals surface area contributed by atoms with Crippen LogP contribution in [0.25, 0.3) is 0 Å². The minimum atomic E-state index is -0.904. The number of ether oxygens (including phenoxy) is 1. The van der Waals surface area contributed by atoms with Crippen LogP contribution in [0.3, 0.4) is 0 Å². The highest BCUT2D eigenvalue weighted by Crippen LogP contribution is 2.15. The van der Waals surface area contributed by atoms with Crippen LogP contribution in [-0.2, 0) is 9.53 Å². The molecule has 0 saturated carbocycles. The summed E-state index contributed by atoms with van der Waals surface area (Å²) in [5.74, 6) is -0.916. The molecule has 0 saturated heterocycles. The Labute approximate surface area is 140 Å². The molecule has 0 aliphatic heterocycles. The summed E-state index contributed by atoms with van der Waals surface area (Å²) in [5.41, 5.74) is 2.97. The number of aryl methyl sites for hydroxylation is 2. The summed E-state index contributed by atoms with van der Waals surface area (Å²) in [6, 6.07) is 12.1. The van der Waals surface area contributed by atoms with Gasteiger partial charge in [-0.1, -0.05) is 28.8 Å². The second-order valence-corrected chi connectivity index (χ2v) is 5.86. The first-order valence-electron chi connectivity index (χ1n) is 7.21. The van der Waals surface area contributed by atoms with Gasteiger partial charge < -0.3 is 10.1 Å². The number of benzene rings is 2. The molecule has 23 heavy (non-hydrogen) atoms. The Bertz CT molecular complexity index is 705. The smallest absolute Gasteiger partial charge is 0.338 e. The predicted molar refractivity (Wildman–Crippen MR) is 90.9 cm³/mol. The zero-order chi connectivity index (χ0) is 17.0. The average molecular weight is 332 g/mol. The maximum absolute atomic E-state index is 12.1. The number of amides is 1. The van der Waals surface area contributed by atoms with E-state index in [9.17, 15) is 9.59 Å². The van der Waals surface area contributed by atoms with Gasteiger partial charge in [0.2, 0.25) is 0 Å². The molecule has 2 aromatic carbocycles. The van der Waals surface area contributed by atoms with Crippen molar-refractivity contribution < 1.29 is 14.3 Å². The van der Waals surface area contributed by atoms with Gasteiger partial charge >= 0.3 is 5.97 Å². The summed E-state index contributed by atoms with van der Waals surface area (Å²) < 4.78 is 5.23. The summed E-state index contributed by atoms with van der Waals surface area (Å²) in [6.07, 6.45) is -0.904. The minimum Gasteiger partial charge on any atom is -0.449 e. The molecule has 0 aliphatic carbocycles. The topological polar surface area (TPSA) is 55.4 Å². The molecule has 0 radical (unpaired) electrons. The maximum atomic E-state index is 12.1. The molecule has 1 N–H and O–H groups in total. The Morgan fingerprint density at radius 1 is 1.04 bits per heavy atom. The molecule has 1 amide bonds. The van der Waals surface area contributed by atoms with Gasteiger partial charge in [-0.2, -0.15) is 0 Å². The van der Waals surface area contributed by atoms with Crippen molar-refractivity contribution in [3.63, 3.8) is 0 Å². The Morgan fingerprint density at radius 2 is 1.61 bits per heavy atom. The Kier molecular flexibility index (Phi) is 5.40. The second-order valence-electron chi connectivity index (χ2n) is 5.42. The number of anilines is 1. The van der Waals surface area contributed by atoms with Crippen LogP contribution in [0.5, 0.6) is 0 Å². The molecular weight excluding hydrogens is 314 g/mol. The monoisotopic (exact) mass is 331 g/mol. The zero-order valence-corrected chi connectivity index (χ0v) is 14.0. The van der Waals surface area contributed by atoms with Crippen molar-refractivity contribution in [3.05, 3.63) is 64.2 Å². The van der Waals surface area contributed by atoms with E-state index in [1.165, 1.54) is 6.92 Å². The first-order valence-corrected chi connectivity index (χ1v) is 7.58. The number of esters is 1. The van der Waals surface area contributed by atoms with Crippen molar-refractivity contribution in [3.8, 4) is 0 Å². The molecule has 1 atom stereocenters. The van der Waals surface area contributed by atoms with Gasteiger partial charge in [-0.3, -0.25) is 4.79 Å². The number of halogens is 1. The highest BCUT2D eigenvalue weighted by molar-refractivity contribution is 6.30. The van der Waals surface area contributed by atoms with Crippen molar-refractivity contribution >= 4 is 29.2 Å². The first-order chi connectivity index (χ1) is 10.8. The third-order valence-corrected chi connectivity index (χ3v) is 3.47. The maximum Gasteiger partial charge on any atom is 0.338 e. The van der Waals surface area contributed by atoms with Crippen molar-refractivity contribution in [2.45, 2.75) is 26.9 Å². The SMILES string of the molecule is Cc1cc(C)cc(C(=O)O[C@H](C)C(=O)Nc2ccc(Cl)cc2)c1. The molecule has 2 aromatic rings. The molecule has 0 fully saturated rings. The Hall–Kier alpha value is -2.33. The van der Waals surface area contributed by atoms with E-state index in [0.29, 0.717) is 16.3 Å². The number of hydrogen-bond donors (Lipinski definition) is 1. The normalized spacial score (nSPS) is 11.7. The van der Waals surface area contributed by atoms with Gasteiger partial charge in [0.25, 0.3) is 5.91 Å². The zero-order valence-electron chi connectivity index (χ0n) is 13.2. The highest BCUT2D eigenvalue weighted by Gasteiger charge is 2.19. The van der Waals surface area contributed by atoms with E-state index in [2.05, 4.69) is 5.32 Å². The van der Waals surface area contributed by atoms with Crippen LogP contribution in [0.15, 0.2) is 42.5 Å². The van der Waals surface area contributed by atoms with Gasteiger partial charge in [-0.15, -0.1) is 0 Å². The standard InChI is InChI=1S/C18H18ClNO3/c1-11-8-12(2)10-14(9-11)18(22)23-13(3)17(21)20-16-6-4-15(19)5-7-16/h4-10,13H,1-3H3,(H,20,21)/t13-/m1/s1. The largest absolute Gasteiger partial charge is 0.449 e. The van der Waals surface area contributed by atoms with Crippen molar-refractivity contribution in [2.24, 2.45) is 0 Å². The molecular formula is C18H18ClNO3. The van der Waals surface area contributed by atoms with Crippen LogP contribution in [0, 0.1) is 13.8 Å². The number of carbonyl (C=O) groups excluding carboxylic acids is 2. The minimum absolute atomic E-state index is 0.398. The summed E-state index contributed by atoms with van der Waals surface area (Å²) in [5, 5.41) is 3.25. The lowest BCUT2D eigenvalue weighted by Gasteiger charge is -2.14. The van der Waals surface area contributed by atoms with Crippen molar-refractivity contribution in [2.75, 3.05) is 5.32 Å². The van der Waals surface area contributed by atoms with E-state index in [0.717, 1.165) is 11.1 Å². The van der Waals surface area contributed by atoms with Gasteiger partial charge in [-0.05, 0) is 57.2 Å². The van der Waals surface area contributed by atoms with Crippen LogP contribution in [0.2, 0.25) is 5.02 Å². The first kappa shape index (κ1) is 17.0. The van der Waals surface area contributed by atoms with E-state index in [1.807, 2.05) is 19.9 Å². The summed E-state index contributed by atoms with van der Waals surface area (Å²) >= 11 is 5.79. The number of rotatable bonds is 4. The van der Waals surface area contributed by atoms with Gasteiger partial charge in [-0.25, -0.2) is 4.79 Å². The predicted octanol–water partition coefficient (Wildman–Crippen LogP) is 4.14. The molecule has 0 aliphatic rings. The number of nitrogens with one attached hydrogen (secondary N) is 1. The molecule has 2 rings (SSSR count). The van der Waals surface area contributed by atoms with E-state index in [4.69, 9.17) is 16.3 Å². The fourth-order valence-corrected chi connectivity index (χ4v) is 2.28. The van der Waals surface area contributed by atoms with Crippen LogP contribution < -0.4 is 5.32 Å². The number of hydrogen-bond acceptors (Lipinski definition) is 3. The third kappa shape index (κ3) is 4.83. The van der Waals surface area contributed by atoms with E-state index < -0.39 is 18.0 Å². The summed E-state index contributed by atoms with van der Waals surface area (Å²) in [7, 11) is 0. The molecule has 0 heterocycles. The third-order valence-electron chi connectivity index (χ3n) is 3.22. The molecule has 120 valence electrons. The average Bonchev–Trinajstić information content (AvgIpc) is 2.48. The van der Waals surface area contributed by atoms with Crippen LogP contribution in [-0.4, -0.2) is 18.0 Å².